The van der Waals surface area contributed by atoms with Crippen molar-refractivity contribution in [2.45, 2.75) is 51.7 Å². The number of ether oxygens (including phenoxy) is 1. The molecule has 1 rings (SSSR count). The Kier molecular flexibility index (Phi) is 5.06. The number of amides is 1. The van der Waals surface area contributed by atoms with Crippen LogP contribution in [0, 0.1) is 0 Å². The number of carboxylic acid groups (broad SMARTS) is 1. The van der Waals surface area contributed by atoms with Gasteiger partial charge in [-0.15, -0.1) is 0 Å². The maximum Gasteiger partial charge on any atom is 0.408 e. The third-order valence-electron chi connectivity index (χ3n) is 3.24. The number of carbonyl (C=O) groups is 2. The van der Waals surface area contributed by atoms with Gasteiger partial charge in [0.2, 0.25) is 0 Å². The Morgan fingerprint density at radius 2 is 1.59 bits per heavy atom. The largest absolute Gasteiger partial charge is 0.508 e. The second-order valence-corrected chi connectivity index (χ2v) is 6.69. The highest BCUT2D eigenvalue weighted by molar-refractivity contribution is 5.82. The Labute approximate surface area is 130 Å². The van der Waals surface area contributed by atoms with E-state index in [1.165, 1.54) is 12.1 Å². The van der Waals surface area contributed by atoms with E-state index in [2.05, 4.69) is 5.32 Å². The molecule has 1 amide bonds. The van der Waals surface area contributed by atoms with Gasteiger partial charge in [-0.1, -0.05) is 26.0 Å². The van der Waals surface area contributed by atoms with Gasteiger partial charge in [0.25, 0.3) is 0 Å². The third kappa shape index (κ3) is 4.65. The molecule has 1 aromatic rings. The smallest absolute Gasteiger partial charge is 0.408 e. The number of benzene rings is 1. The standard InChI is InChI=1S/C16H23NO5/c1-15(2,3)22-14(21)17-12(13(19)20)16(4,5)10-6-8-11(18)9-7-10/h6-9,12,18H,1-5H3,(H,17,21)(H,19,20)/t12-/m1/s1. The molecular formula is C16H23NO5. The van der Waals surface area contributed by atoms with Gasteiger partial charge in [-0.2, -0.15) is 0 Å². The van der Waals surface area contributed by atoms with Gasteiger partial charge in [0.05, 0.1) is 0 Å². The number of carboxylic acids is 1. The minimum absolute atomic E-state index is 0.0894. The van der Waals surface area contributed by atoms with Crippen molar-refractivity contribution in [1.82, 2.24) is 5.32 Å². The Bertz CT molecular complexity index is 543. The summed E-state index contributed by atoms with van der Waals surface area (Å²) in [5.74, 6) is -1.07. The van der Waals surface area contributed by atoms with Crippen molar-refractivity contribution in [2.75, 3.05) is 0 Å². The minimum Gasteiger partial charge on any atom is -0.508 e. The SMILES string of the molecule is CC(C)(C)OC(=O)N[C@H](C(=O)O)C(C)(C)c1ccc(O)cc1. The van der Waals surface area contributed by atoms with Gasteiger partial charge in [0.15, 0.2) is 0 Å². The quantitative estimate of drug-likeness (QED) is 0.794. The van der Waals surface area contributed by atoms with Crippen LogP contribution in [0.3, 0.4) is 0 Å². The Morgan fingerprint density at radius 3 is 2.00 bits per heavy atom. The summed E-state index contributed by atoms with van der Waals surface area (Å²) < 4.78 is 5.12. The van der Waals surface area contributed by atoms with Gasteiger partial charge in [-0.3, -0.25) is 0 Å². The lowest BCUT2D eigenvalue weighted by Crippen LogP contribution is -2.53. The Hall–Kier alpha value is -2.24. The van der Waals surface area contributed by atoms with Crippen molar-refractivity contribution in [3.05, 3.63) is 29.8 Å². The molecule has 0 aliphatic heterocycles. The lowest BCUT2D eigenvalue weighted by atomic mass is 9.77. The number of aliphatic carboxylic acids is 1. The molecule has 3 N–H and O–H groups in total. The van der Waals surface area contributed by atoms with E-state index in [1.54, 1.807) is 46.8 Å². The van der Waals surface area contributed by atoms with Crippen molar-refractivity contribution in [2.24, 2.45) is 0 Å². The lowest BCUT2D eigenvalue weighted by molar-refractivity contribution is -0.141. The fourth-order valence-corrected chi connectivity index (χ4v) is 2.03. The molecule has 0 heterocycles. The molecule has 0 aliphatic rings. The molecule has 6 nitrogen and oxygen atoms in total. The summed E-state index contributed by atoms with van der Waals surface area (Å²) in [7, 11) is 0. The average molecular weight is 309 g/mol. The van der Waals surface area contributed by atoms with E-state index < -0.39 is 29.1 Å². The van der Waals surface area contributed by atoms with Crippen LogP contribution in [-0.4, -0.2) is 33.9 Å². The van der Waals surface area contributed by atoms with Crippen LogP contribution in [0.1, 0.15) is 40.2 Å². The van der Waals surface area contributed by atoms with E-state index in [0.717, 1.165) is 0 Å². The molecule has 0 aliphatic carbocycles. The predicted octanol–water partition coefficient (Wildman–Crippen LogP) is 2.65. The van der Waals surface area contributed by atoms with Gasteiger partial charge in [0.1, 0.15) is 17.4 Å². The minimum atomic E-state index is -1.17. The third-order valence-corrected chi connectivity index (χ3v) is 3.24. The summed E-state index contributed by atoms with van der Waals surface area (Å²) in [6, 6.07) is 5.03. The zero-order chi connectivity index (χ0) is 17.1. The van der Waals surface area contributed by atoms with Gasteiger partial charge < -0.3 is 20.3 Å². The number of hydrogen-bond acceptors (Lipinski definition) is 4. The number of rotatable bonds is 4. The number of hydrogen-bond donors (Lipinski definition) is 3. The normalized spacial score (nSPS) is 13.3. The van der Waals surface area contributed by atoms with E-state index in [9.17, 15) is 19.8 Å². The summed E-state index contributed by atoms with van der Waals surface area (Å²) >= 11 is 0. The topological polar surface area (TPSA) is 95.9 Å². The van der Waals surface area contributed by atoms with Crippen LogP contribution in [0.4, 0.5) is 4.79 Å². The first-order valence-corrected chi connectivity index (χ1v) is 6.95. The first-order valence-electron chi connectivity index (χ1n) is 6.95. The first kappa shape index (κ1) is 17.8. The number of carbonyl (C=O) groups excluding carboxylic acids is 1. The van der Waals surface area contributed by atoms with Crippen molar-refractivity contribution in [1.29, 1.82) is 0 Å². The highest BCUT2D eigenvalue weighted by Crippen LogP contribution is 2.29. The molecule has 22 heavy (non-hydrogen) atoms. The molecule has 0 spiro atoms. The Morgan fingerprint density at radius 1 is 1.09 bits per heavy atom. The summed E-state index contributed by atoms with van der Waals surface area (Å²) in [5, 5.41) is 21.2. The first-order chi connectivity index (χ1) is 9.93. The van der Waals surface area contributed by atoms with Crippen LogP contribution < -0.4 is 5.32 Å². The lowest BCUT2D eigenvalue weighted by Gasteiger charge is -2.33. The van der Waals surface area contributed by atoms with Crippen molar-refractivity contribution in [3.8, 4) is 5.75 Å². The molecule has 6 heteroatoms. The number of alkyl carbamates (subject to hydrolysis) is 1. The van der Waals surface area contributed by atoms with Crippen LogP contribution in [0.15, 0.2) is 24.3 Å². The second-order valence-electron chi connectivity index (χ2n) is 6.69. The molecule has 0 aromatic heterocycles. The summed E-state index contributed by atoms with van der Waals surface area (Å²) in [6.45, 7) is 8.51. The van der Waals surface area contributed by atoms with Crippen LogP contribution >= 0.6 is 0 Å². The monoisotopic (exact) mass is 309 g/mol. The van der Waals surface area contributed by atoms with Crippen LogP contribution in [0.25, 0.3) is 0 Å². The van der Waals surface area contributed by atoms with Crippen molar-refractivity contribution < 1.29 is 24.5 Å². The number of phenols is 1. The maximum atomic E-state index is 11.9. The molecule has 0 fully saturated rings. The number of phenolic OH excluding ortho intramolecular Hbond substituents is 1. The fraction of sp³-hybridized carbons (Fsp3) is 0.500. The molecular weight excluding hydrogens is 286 g/mol. The average Bonchev–Trinajstić information content (AvgIpc) is 2.33. The van der Waals surface area contributed by atoms with Crippen LogP contribution in [0.2, 0.25) is 0 Å². The summed E-state index contributed by atoms with van der Waals surface area (Å²) in [5.41, 5.74) is -0.930. The van der Waals surface area contributed by atoms with E-state index in [-0.39, 0.29) is 5.75 Å². The summed E-state index contributed by atoms with van der Waals surface area (Å²) in [6.07, 6.45) is -0.785. The van der Waals surface area contributed by atoms with Crippen molar-refractivity contribution in [3.63, 3.8) is 0 Å². The molecule has 0 bridgehead atoms. The van der Waals surface area contributed by atoms with E-state index >= 15 is 0 Å². The van der Waals surface area contributed by atoms with Gasteiger partial charge in [-0.05, 0) is 38.5 Å². The molecule has 1 atom stereocenters. The predicted molar refractivity (Wildman–Crippen MR) is 81.9 cm³/mol. The van der Waals surface area contributed by atoms with Gasteiger partial charge in [-0.25, -0.2) is 9.59 Å². The van der Waals surface area contributed by atoms with Crippen LogP contribution in [0.5, 0.6) is 5.75 Å². The second kappa shape index (κ2) is 6.25. The van der Waals surface area contributed by atoms with Crippen LogP contribution in [-0.2, 0) is 14.9 Å². The van der Waals surface area contributed by atoms with Gasteiger partial charge >= 0.3 is 12.1 Å². The van der Waals surface area contributed by atoms with E-state index in [4.69, 9.17) is 4.74 Å². The molecule has 0 radical (unpaired) electrons. The zero-order valence-electron chi connectivity index (χ0n) is 13.5. The van der Waals surface area contributed by atoms with E-state index in [0.29, 0.717) is 5.56 Å². The maximum absolute atomic E-state index is 11.9. The van der Waals surface area contributed by atoms with E-state index in [1.807, 2.05) is 0 Å². The molecule has 0 saturated carbocycles. The Balaban J connectivity index is 3.01. The van der Waals surface area contributed by atoms with Crippen molar-refractivity contribution >= 4 is 12.1 Å². The number of aromatic hydroxyl groups is 1. The highest BCUT2D eigenvalue weighted by atomic mass is 16.6. The highest BCUT2D eigenvalue weighted by Gasteiger charge is 2.38. The molecule has 122 valence electrons. The molecule has 0 saturated heterocycles. The summed E-state index contributed by atoms with van der Waals surface area (Å²) in [4.78, 5) is 23.4. The molecule has 1 aromatic carbocycles. The van der Waals surface area contributed by atoms with Gasteiger partial charge in [0, 0.05) is 5.41 Å². The zero-order valence-corrected chi connectivity index (χ0v) is 13.5. The number of nitrogens with one attached hydrogen (secondary N) is 1. The molecule has 0 unspecified atom stereocenters. The fourth-order valence-electron chi connectivity index (χ4n) is 2.03.